The molecule has 0 radical (unpaired) electrons. The summed E-state index contributed by atoms with van der Waals surface area (Å²) in [7, 11) is 1.77. The molecule has 0 bridgehead atoms. The highest BCUT2D eigenvalue weighted by atomic mass is 32.2. The van der Waals surface area contributed by atoms with Crippen LogP contribution in [0.3, 0.4) is 0 Å². The molecule has 0 aliphatic carbocycles. The number of thioether (sulfide) groups is 1. The van der Waals surface area contributed by atoms with Gasteiger partial charge in [0.1, 0.15) is 5.84 Å². The van der Waals surface area contributed by atoms with Crippen LogP contribution in [0.2, 0.25) is 0 Å². The lowest BCUT2D eigenvalue weighted by atomic mass is 10.1. The van der Waals surface area contributed by atoms with Crippen molar-refractivity contribution in [3.8, 4) is 0 Å². The van der Waals surface area contributed by atoms with Crippen LogP contribution in [0.5, 0.6) is 0 Å². The Morgan fingerprint density at radius 3 is 3.00 bits per heavy atom. The third-order valence-corrected chi connectivity index (χ3v) is 3.33. The third kappa shape index (κ3) is 2.01. The van der Waals surface area contributed by atoms with Gasteiger partial charge in [-0.15, -0.1) is 11.8 Å². The van der Waals surface area contributed by atoms with Gasteiger partial charge in [-0.05, 0) is 18.8 Å². The van der Waals surface area contributed by atoms with Gasteiger partial charge in [0.05, 0.1) is 0 Å². The van der Waals surface area contributed by atoms with Crippen molar-refractivity contribution in [2.45, 2.75) is 24.6 Å². The minimum Gasteiger partial charge on any atom is -0.373 e. The number of nitrogens with two attached hydrogens (primary N) is 1. The first kappa shape index (κ1) is 9.61. The quantitative estimate of drug-likeness (QED) is 0.443. The van der Waals surface area contributed by atoms with E-state index in [1.54, 1.807) is 18.8 Å². The molecule has 12 heavy (non-hydrogen) atoms. The topological polar surface area (TPSA) is 61.9 Å². The van der Waals surface area contributed by atoms with Crippen molar-refractivity contribution < 1.29 is 0 Å². The maximum atomic E-state index is 7.53. The maximum absolute atomic E-state index is 7.53. The predicted molar refractivity (Wildman–Crippen MR) is 54.5 cm³/mol. The van der Waals surface area contributed by atoms with Crippen molar-refractivity contribution in [2.24, 2.45) is 5.73 Å². The highest BCUT2D eigenvalue weighted by molar-refractivity contribution is 8.03. The lowest BCUT2D eigenvalue weighted by molar-refractivity contribution is 0.694. The molecule has 0 fully saturated rings. The molecule has 0 amide bonds. The Balaban J connectivity index is 2.48. The van der Waals surface area contributed by atoms with Crippen molar-refractivity contribution in [1.82, 2.24) is 5.32 Å². The van der Waals surface area contributed by atoms with E-state index >= 15 is 0 Å². The van der Waals surface area contributed by atoms with Gasteiger partial charge in [-0.2, -0.15) is 0 Å². The molecule has 0 aromatic rings. The molecule has 1 unspecified atom stereocenters. The van der Waals surface area contributed by atoms with Crippen LogP contribution in [0.25, 0.3) is 0 Å². The largest absolute Gasteiger partial charge is 0.373 e. The monoisotopic (exact) mass is 185 g/mol. The first-order chi connectivity index (χ1) is 5.65. The molecular formula is C8H15N3S. The Kier molecular flexibility index (Phi) is 3.17. The fraction of sp³-hybridized carbons (Fsp3) is 0.625. The van der Waals surface area contributed by atoms with E-state index in [4.69, 9.17) is 11.1 Å². The zero-order valence-corrected chi connectivity index (χ0v) is 8.24. The number of hydrogen-bond acceptors (Lipinski definition) is 3. The molecule has 0 saturated heterocycles. The van der Waals surface area contributed by atoms with E-state index in [2.05, 4.69) is 5.32 Å². The lowest BCUT2D eigenvalue weighted by Gasteiger charge is -2.13. The molecule has 68 valence electrons. The Bertz CT molecular complexity index is 210. The fourth-order valence-corrected chi connectivity index (χ4v) is 2.19. The van der Waals surface area contributed by atoms with Gasteiger partial charge >= 0.3 is 0 Å². The lowest BCUT2D eigenvalue weighted by Crippen LogP contribution is -2.28. The summed E-state index contributed by atoms with van der Waals surface area (Å²) in [6.07, 6.45) is 0.919. The Labute approximate surface area is 77.3 Å². The SMILES string of the molecule is CNC(=N)C1=CSC([C@@H](C)N)C1. The molecule has 4 N–H and O–H groups in total. The summed E-state index contributed by atoms with van der Waals surface area (Å²) in [5.74, 6) is 0.519. The van der Waals surface area contributed by atoms with Crippen molar-refractivity contribution in [1.29, 1.82) is 5.41 Å². The molecule has 2 atom stereocenters. The van der Waals surface area contributed by atoms with E-state index in [1.807, 2.05) is 12.3 Å². The molecule has 0 aromatic heterocycles. The van der Waals surface area contributed by atoms with E-state index < -0.39 is 0 Å². The Hall–Kier alpha value is -0.480. The first-order valence-electron chi connectivity index (χ1n) is 4.02. The molecule has 4 heteroatoms. The summed E-state index contributed by atoms with van der Waals surface area (Å²) in [5.41, 5.74) is 6.83. The van der Waals surface area contributed by atoms with Gasteiger partial charge in [0.25, 0.3) is 0 Å². The zero-order chi connectivity index (χ0) is 9.14. The van der Waals surface area contributed by atoms with Crippen LogP contribution in [0.15, 0.2) is 11.0 Å². The summed E-state index contributed by atoms with van der Waals surface area (Å²) in [6.45, 7) is 2.01. The van der Waals surface area contributed by atoms with Crippen molar-refractivity contribution in [3.63, 3.8) is 0 Å². The molecule has 1 heterocycles. The molecule has 1 aliphatic rings. The maximum Gasteiger partial charge on any atom is 0.121 e. The van der Waals surface area contributed by atoms with Gasteiger partial charge in [0.2, 0.25) is 0 Å². The van der Waals surface area contributed by atoms with Crippen molar-refractivity contribution in [3.05, 3.63) is 11.0 Å². The van der Waals surface area contributed by atoms with Crippen LogP contribution < -0.4 is 11.1 Å². The number of nitrogens with one attached hydrogen (secondary N) is 2. The molecule has 0 saturated carbocycles. The normalized spacial score (nSPS) is 24.9. The molecule has 3 nitrogen and oxygen atoms in total. The minimum absolute atomic E-state index is 0.202. The van der Waals surface area contributed by atoms with Crippen molar-refractivity contribution >= 4 is 17.6 Å². The molecular weight excluding hydrogens is 170 g/mol. The number of hydrogen-bond donors (Lipinski definition) is 3. The van der Waals surface area contributed by atoms with Gasteiger partial charge in [0, 0.05) is 23.9 Å². The highest BCUT2D eigenvalue weighted by Crippen LogP contribution is 2.31. The van der Waals surface area contributed by atoms with Crippen LogP contribution >= 0.6 is 11.8 Å². The van der Waals surface area contributed by atoms with Gasteiger partial charge in [-0.25, -0.2) is 0 Å². The van der Waals surface area contributed by atoms with E-state index in [1.165, 1.54) is 0 Å². The zero-order valence-electron chi connectivity index (χ0n) is 7.42. The van der Waals surface area contributed by atoms with Gasteiger partial charge < -0.3 is 11.1 Å². The highest BCUT2D eigenvalue weighted by Gasteiger charge is 2.22. The number of rotatable bonds is 2. The number of likely N-dealkylation sites (N-methyl/N-ethyl adjacent to an activating group) is 1. The second kappa shape index (κ2) is 3.96. The average molecular weight is 185 g/mol. The summed E-state index contributed by atoms with van der Waals surface area (Å²) in [4.78, 5) is 0. The summed E-state index contributed by atoms with van der Waals surface area (Å²) in [5, 5.41) is 12.8. The molecule has 0 spiro atoms. The predicted octanol–water partition coefficient (Wildman–Crippen LogP) is 0.920. The second-order valence-corrected chi connectivity index (χ2v) is 4.12. The fourth-order valence-electron chi connectivity index (χ4n) is 1.11. The van der Waals surface area contributed by atoms with Crippen LogP contribution in [-0.2, 0) is 0 Å². The standard InChI is InChI=1S/C8H15N3S/c1-5(9)7-3-6(4-12-7)8(10)11-2/h4-5,7H,3,9H2,1-2H3,(H2,10,11)/t5-,7?/m1/s1. The van der Waals surface area contributed by atoms with Crippen LogP contribution in [-0.4, -0.2) is 24.2 Å². The number of amidine groups is 1. The van der Waals surface area contributed by atoms with Crippen LogP contribution in [0.4, 0.5) is 0 Å². The van der Waals surface area contributed by atoms with E-state index in [9.17, 15) is 0 Å². The molecule has 1 aliphatic heterocycles. The Morgan fingerprint density at radius 1 is 1.92 bits per heavy atom. The summed E-state index contributed by atoms with van der Waals surface area (Å²) < 4.78 is 0. The Morgan fingerprint density at radius 2 is 2.58 bits per heavy atom. The average Bonchev–Trinajstić information content (AvgIpc) is 2.51. The smallest absolute Gasteiger partial charge is 0.121 e. The van der Waals surface area contributed by atoms with Crippen LogP contribution in [0, 0.1) is 5.41 Å². The molecule has 0 aromatic carbocycles. The molecule has 1 rings (SSSR count). The minimum atomic E-state index is 0.202. The van der Waals surface area contributed by atoms with Gasteiger partial charge in [0.15, 0.2) is 0 Å². The summed E-state index contributed by atoms with van der Waals surface area (Å²) >= 11 is 1.73. The first-order valence-corrected chi connectivity index (χ1v) is 4.96. The second-order valence-electron chi connectivity index (χ2n) is 3.01. The van der Waals surface area contributed by atoms with E-state index in [-0.39, 0.29) is 6.04 Å². The summed E-state index contributed by atoms with van der Waals surface area (Å²) in [6, 6.07) is 0.202. The van der Waals surface area contributed by atoms with Gasteiger partial charge in [-0.1, -0.05) is 0 Å². The van der Waals surface area contributed by atoms with E-state index in [0.29, 0.717) is 11.1 Å². The van der Waals surface area contributed by atoms with E-state index in [0.717, 1.165) is 12.0 Å². The van der Waals surface area contributed by atoms with Gasteiger partial charge in [-0.3, -0.25) is 5.41 Å². The van der Waals surface area contributed by atoms with Crippen LogP contribution in [0.1, 0.15) is 13.3 Å². The third-order valence-electron chi connectivity index (χ3n) is 1.96. The van der Waals surface area contributed by atoms with Crippen molar-refractivity contribution in [2.75, 3.05) is 7.05 Å².